The number of nitrogens with one attached hydrogen (secondary N) is 1. The average molecular weight is 390 g/mol. The van der Waals surface area contributed by atoms with Gasteiger partial charge in [-0.25, -0.2) is 0 Å². The summed E-state index contributed by atoms with van der Waals surface area (Å²) in [6, 6.07) is 14.8. The maximum Gasteiger partial charge on any atom is 0.238 e. The molecule has 0 saturated carbocycles. The summed E-state index contributed by atoms with van der Waals surface area (Å²) in [5.74, 6) is 0.289. The van der Waals surface area contributed by atoms with Gasteiger partial charge in [0, 0.05) is 42.0 Å². The van der Waals surface area contributed by atoms with E-state index >= 15 is 0 Å². The fourth-order valence-electron chi connectivity index (χ4n) is 2.76. The number of phenolic OH excluding ortho intramolecular Hbond substituents is 1. The molecule has 1 heterocycles. The van der Waals surface area contributed by atoms with Crippen molar-refractivity contribution in [3.05, 3.63) is 53.0 Å². The van der Waals surface area contributed by atoms with Crippen LogP contribution >= 0.6 is 15.9 Å². The zero-order chi connectivity index (χ0) is 16.9. The van der Waals surface area contributed by atoms with Crippen LogP contribution in [-0.2, 0) is 4.79 Å². The maximum atomic E-state index is 12.1. The van der Waals surface area contributed by atoms with Crippen LogP contribution in [0.15, 0.2) is 53.0 Å². The van der Waals surface area contributed by atoms with Crippen molar-refractivity contribution in [2.75, 3.05) is 42.9 Å². The SMILES string of the molecule is O=C(CN1CCN(c2ccc(O)cc2)CC1)Nc1ccc(Br)cc1. The molecule has 0 radical (unpaired) electrons. The minimum absolute atomic E-state index is 0.00964. The molecule has 24 heavy (non-hydrogen) atoms. The Morgan fingerprint density at radius 3 is 2.25 bits per heavy atom. The van der Waals surface area contributed by atoms with Crippen molar-refractivity contribution in [2.24, 2.45) is 0 Å². The summed E-state index contributed by atoms with van der Waals surface area (Å²) in [6.45, 7) is 3.83. The molecule has 2 aromatic rings. The number of carbonyl (C=O) groups is 1. The molecule has 1 amide bonds. The molecule has 1 aliphatic heterocycles. The quantitative estimate of drug-likeness (QED) is 0.843. The fourth-order valence-corrected chi connectivity index (χ4v) is 3.03. The molecule has 2 aromatic carbocycles. The lowest BCUT2D eigenvalue weighted by molar-refractivity contribution is -0.117. The number of halogens is 1. The van der Waals surface area contributed by atoms with Gasteiger partial charge in [-0.05, 0) is 48.5 Å². The predicted octanol–water partition coefficient (Wildman–Crippen LogP) is 2.92. The van der Waals surface area contributed by atoms with Gasteiger partial charge in [0.15, 0.2) is 0 Å². The number of amides is 1. The molecule has 0 atom stereocenters. The summed E-state index contributed by atoms with van der Waals surface area (Å²) in [7, 11) is 0. The lowest BCUT2D eigenvalue weighted by Crippen LogP contribution is -2.48. The monoisotopic (exact) mass is 389 g/mol. The van der Waals surface area contributed by atoms with Gasteiger partial charge in [0.2, 0.25) is 5.91 Å². The van der Waals surface area contributed by atoms with Crippen LogP contribution in [-0.4, -0.2) is 48.6 Å². The molecule has 1 aliphatic rings. The van der Waals surface area contributed by atoms with Crippen molar-refractivity contribution >= 4 is 33.2 Å². The fraction of sp³-hybridized carbons (Fsp3) is 0.278. The third-order valence-corrected chi connectivity index (χ3v) is 4.61. The van der Waals surface area contributed by atoms with E-state index in [1.807, 2.05) is 36.4 Å². The van der Waals surface area contributed by atoms with Crippen LogP contribution in [0.3, 0.4) is 0 Å². The van der Waals surface area contributed by atoms with E-state index in [0.717, 1.165) is 42.0 Å². The third-order valence-electron chi connectivity index (χ3n) is 4.08. The molecule has 1 saturated heterocycles. The molecule has 6 heteroatoms. The molecule has 5 nitrogen and oxygen atoms in total. The van der Waals surface area contributed by atoms with Crippen LogP contribution in [0.1, 0.15) is 0 Å². The molecule has 1 fully saturated rings. The van der Waals surface area contributed by atoms with E-state index in [9.17, 15) is 9.90 Å². The highest BCUT2D eigenvalue weighted by atomic mass is 79.9. The Morgan fingerprint density at radius 1 is 1.00 bits per heavy atom. The number of hydrogen-bond donors (Lipinski definition) is 2. The van der Waals surface area contributed by atoms with Gasteiger partial charge in [0.1, 0.15) is 5.75 Å². The summed E-state index contributed by atoms with van der Waals surface area (Å²) in [6.07, 6.45) is 0. The number of phenols is 1. The highest BCUT2D eigenvalue weighted by Crippen LogP contribution is 2.20. The Morgan fingerprint density at radius 2 is 1.62 bits per heavy atom. The van der Waals surface area contributed by atoms with Crippen molar-refractivity contribution < 1.29 is 9.90 Å². The van der Waals surface area contributed by atoms with Crippen molar-refractivity contribution in [2.45, 2.75) is 0 Å². The molecule has 126 valence electrons. The van der Waals surface area contributed by atoms with E-state index in [0.29, 0.717) is 6.54 Å². The van der Waals surface area contributed by atoms with E-state index in [4.69, 9.17) is 0 Å². The van der Waals surface area contributed by atoms with Crippen LogP contribution in [0, 0.1) is 0 Å². The van der Waals surface area contributed by atoms with Gasteiger partial charge in [-0.1, -0.05) is 15.9 Å². The maximum absolute atomic E-state index is 12.1. The molecule has 0 aliphatic carbocycles. The van der Waals surface area contributed by atoms with Crippen LogP contribution in [0.25, 0.3) is 0 Å². The zero-order valence-electron chi connectivity index (χ0n) is 13.3. The lowest BCUT2D eigenvalue weighted by atomic mass is 10.2. The van der Waals surface area contributed by atoms with E-state index in [1.54, 1.807) is 12.1 Å². The number of nitrogens with zero attached hydrogens (tertiary/aromatic N) is 2. The molecular formula is C18H20BrN3O2. The summed E-state index contributed by atoms with van der Waals surface area (Å²) in [4.78, 5) is 16.6. The third kappa shape index (κ3) is 4.49. The Bertz CT molecular complexity index is 680. The molecule has 0 spiro atoms. The number of aromatic hydroxyl groups is 1. The number of carbonyl (C=O) groups excluding carboxylic acids is 1. The Hall–Kier alpha value is -2.05. The number of rotatable bonds is 4. The molecule has 2 N–H and O–H groups in total. The summed E-state index contributed by atoms with van der Waals surface area (Å²) < 4.78 is 0.992. The van der Waals surface area contributed by atoms with Gasteiger partial charge in [-0.2, -0.15) is 0 Å². The van der Waals surface area contributed by atoms with Gasteiger partial charge in [0.25, 0.3) is 0 Å². The topological polar surface area (TPSA) is 55.8 Å². The molecule has 0 bridgehead atoms. The summed E-state index contributed by atoms with van der Waals surface area (Å²) in [5.41, 5.74) is 1.91. The molecule has 0 aromatic heterocycles. The van der Waals surface area contributed by atoms with Gasteiger partial charge >= 0.3 is 0 Å². The lowest BCUT2D eigenvalue weighted by Gasteiger charge is -2.35. The number of piperazine rings is 1. The highest BCUT2D eigenvalue weighted by molar-refractivity contribution is 9.10. The predicted molar refractivity (Wildman–Crippen MR) is 99.5 cm³/mol. The summed E-state index contributed by atoms with van der Waals surface area (Å²) in [5, 5.41) is 12.3. The number of benzene rings is 2. The van der Waals surface area contributed by atoms with Crippen LogP contribution < -0.4 is 10.2 Å². The first kappa shape index (κ1) is 16.8. The second-order valence-electron chi connectivity index (χ2n) is 5.83. The molecule has 0 unspecified atom stereocenters. The first-order valence-electron chi connectivity index (χ1n) is 7.92. The first-order chi connectivity index (χ1) is 11.6. The van der Waals surface area contributed by atoms with Crippen molar-refractivity contribution in [1.82, 2.24) is 4.90 Å². The zero-order valence-corrected chi connectivity index (χ0v) is 14.9. The van der Waals surface area contributed by atoms with Crippen LogP contribution in [0.5, 0.6) is 5.75 Å². The first-order valence-corrected chi connectivity index (χ1v) is 8.71. The minimum Gasteiger partial charge on any atom is -0.508 e. The average Bonchev–Trinajstić information content (AvgIpc) is 2.58. The second-order valence-corrected chi connectivity index (χ2v) is 6.75. The van der Waals surface area contributed by atoms with Crippen molar-refractivity contribution in [1.29, 1.82) is 0 Å². The van der Waals surface area contributed by atoms with Gasteiger partial charge in [0.05, 0.1) is 6.54 Å². The Kier molecular flexibility index (Phi) is 5.37. The van der Waals surface area contributed by atoms with Crippen LogP contribution in [0.4, 0.5) is 11.4 Å². The minimum atomic E-state index is 0.00964. The normalized spacial score (nSPS) is 15.3. The van der Waals surface area contributed by atoms with E-state index in [-0.39, 0.29) is 11.7 Å². The Labute approximate surface area is 150 Å². The van der Waals surface area contributed by atoms with E-state index < -0.39 is 0 Å². The Balaban J connectivity index is 1.47. The molecular weight excluding hydrogens is 370 g/mol. The highest BCUT2D eigenvalue weighted by Gasteiger charge is 2.19. The number of anilines is 2. The van der Waals surface area contributed by atoms with Gasteiger partial charge in [-0.3, -0.25) is 9.69 Å². The van der Waals surface area contributed by atoms with E-state index in [2.05, 4.69) is 31.0 Å². The van der Waals surface area contributed by atoms with E-state index in [1.165, 1.54) is 0 Å². The molecule has 3 rings (SSSR count). The van der Waals surface area contributed by atoms with Crippen molar-refractivity contribution in [3.8, 4) is 5.75 Å². The second kappa shape index (κ2) is 7.68. The standard InChI is InChI=1S/C18H20BrN3O2/c19-14-1-3-15(4-2-14)20-18(24)13-21-9-11-22(12-10-21)16-5-7-17(23)8-6-16/h1-8,23H,9-13H2,(H,20,24). The van der Waals surface area contributed by atoms with Gasteiger partial charge < -0.3 is 15.3 Å². The largest absolute Gasteiger partial charge is 0.508 e. The van der Waals surface area contributed by atoms with Crippen molar-refractivity contribution in [3.63, 3.8) is 0 Å². The van der Waals surface area contributed by atoms with Gasteiger partial charge in [-0.15, -0.1) is 0 Å². The van der Waals surface area contributed by atoms with Crippen LogP contribution in [0.2, 0.25) is 0 Å². The summed E-state index contributed by atoms with van der Waals surface area (Å²) >= 11 is 3.38. The smallest absolute Gasteiger partial charge is 0.238 e. The number of hydrogen-bond acceptors (Lipinski definition) is 4.